The second kappa shape index (κ2) is 4.35. The van der Waals surface area contributed by atoms with Crippen LogP contribution in [0.3, 0.4) is 0 Å². The van der Waals surface area contributed by atoms with Gasteiger partial charge in [0, 0.05) is 6.54 Å². The smallest absolute Gasteiger partial charge is 0.191 e. The van der Waals surface area contributed by atoms with E-state index in [1.165, 1.54) is 0 Å². The van der Waals surface area contributed by atoms with Gasteiger partial charge in [0.2, 0.25) is 0 Å². The van der Waals surface area contributed by atoms with Gasteiger partial charge in [-0.2, -0.15) is 5.11 Å². The molecule has 0 aromatic carbocycles. The third kappa shape index (κ3) is 1.97. The Hall–Kier alpha value is -1.49. The van der Waals surface area contributed by atoms with Crippen LogP contribution in [-0.4, -0.2) is 28.7 Å². The first-order valence-electron chi connectivity index (χ1n) is 4.76. The third-order valence-electron chi connectivity index (χ3n) is 2.25. The monoisotopic (exact) mass is 220 g/mol. The molecule has 0 saturated carbocycles. The molecule has 0 fully saturated rings. The van der Waals surface area contributed by atoms with Crippen molar-refractivity contribution in [1.82, 2.24) is 10.3 Å². The number of fused-ring (bicyclic) bond motifs is 1. The molecule has 4 nitrogen and oxygen atoms in total. The highest BCUT2D eigenvalue weighted by Crippen LogP contribution is 2.22. The molecule has 0 bridgehead atoms. The molecule has 2 aliphatic rings. The van der Waals surface area contributed by atoms with Gasteiger partial charge in [-0.1, -0.05) is 35.6 Å². The zero-order valence-corrected chi connectivity index (χ0v) is 9.02. The number of allylic oxidation sites excluding steroid dienone is 2. The number of nitrogens with zero attached hydrogens (tertiary/aromatic N) is 3. The largest absolute Gasteiger partial charge is 0.358 e. The molecule has 0 unspecified atom stereocenters. The first-order valence-corrected chi connectivity index (χ1v) is 5.17. The fraction of sp³-hybridized carbons (Fsp3) is 0.300. The zero-order chi connectivity index (χ0) is 10.7. The highest BCUT2D eigenvalue weighted by molar-refractivity contribution is 7.80. The summed E-state index contributed by atoms with van der Waals surface area (Å²) in [6, 6.07) is 0.221. The topological polar surface area (TPSA) is 40.0 Å². The summed E-state index contributed by atoms with van der Waals surface area (Å²) in [5.41, 5.74) is 0. The van der Waals surface area contributed by atoms with Gasteiger partial charge >= 0.3 is 0 Å². The lowest BCUT2D eigenvalue weighted by molar-refractivity contribution is 0.403. The van der Waals surface area contributed by atoms with Gasteiger partial charge in [0.1, 0.15) is 12.1 Å². The van der Waals surface area contributed by atoms with Gasteiger partial charge in [-0.3, -0.25) is 0 Å². The van der Waals surface area contributed by atoms with Gasteiger partial charge in [0.05, 0.1) is 0 Å². The number of thiocarbonyl (C=S) groups is 1. The Morgan fingerprint density at radius 3 is 3.13 bits per heavy atom. The van der Waals surface area contributed by atoms with Crippen LogP contribution in [0.15, 0.2) is 47.3 Å². The lowest BCUT2D eigenvalue weighted by Gasteiger charge is -2.23. The van der Waals surface area contributed by atoms with Crippen LogP contribution in [0, 0.1) is 0 Å². The summed E-state index contributed by atoms with van der Waals surface area (Å²) < 4.78 is 0. The molecule has 1 heterocycles. The van der Waals surface area contributed by atoms with Crippen molar-refractivity contribution in [3.05, 3.63) is 37.0 Å². The quantitative estimate of drug-likeness (QED) is 0.567. The molecule has 15 heavy (non-hydrogen) atoms. The number of hydrogen-bond donors (Lipinski definition) is 1. The maximum Gasteiger partial charge on any atom is 0.191 e. The van der Waals surface area contributed by atoms with Crippen LogP contribution >= 0.6 is 12.2 Å². The van der Waals surface area contributed by atoms with Crippen molar-refractivity contribution >= 4 is 17.3 Å². The zero-order valence-electron chi connectivity index (χ0n) is 8.21. The standard InChI is InChI=1S/C10H12N4S/c1-2-7-11-10(15)14-9-6-4-3-5-8(9)12-13-14/h2-6,8-9H,1,7H2,(H,11,15)/t8-,9-/m0/s1. The number of rotatable bonds is 2. The first kappa shape index (κ1) is 10.0. The minimum absolute atomic E-state index is 0.0958. The summed E-state index contributed by atoms with van der Waals surface area (Å²) >= 11 is 5.20. The summed E-state index contributed by atoms with van der Waals surface area (Å²) in [6.45, 7) is 4.26. The number of nitrogens with one attached hydrogen (secondary N) is 1. The van der Waals surface area contributed by atoms with E-state index in [1.807, 2.05) is 24.3 Å². The fourth-order valence-electron chi connectivity index (χ4n) is 1.51. The summed E-state index contributed by atoms with van der Waals surface area (Å²) in [7, 11) is 0. The van der Waals surface area contributed by atoms with E-state index in [2.05, 4.69) is 22.2 Å². The van der Waals surface area contributed by atoms with E-state index in [0.29, 0.717) is 11.7 Å². The first-order chi connectivity index (χ1) is 7.33. The average molecular weight is 220 g/mol. The molecule has 1 N–H and O–H groups in total. The molecule has 0 saturated heterocycles. The third-order valence-corrected chi connectivity index (χ3v) is 2.58. The van der Waals surface area contributed by atoms with E-state index >= 15 is 0 Å². The molecule has 0 radical (unpaired) electrons. The van der Waals surface area contributed by atoms with E-state index in [9.17, 15) is 0 Å². The molecular formula is C10H12N4S. The molecule has 0 aromatic heterocycles. The van der Waals surface area contributed by atoms with E-state index < -0.39 is 0 Å². The highest BCUT2D eigenvalue weighted by Gasteiger charge is 2.32. The highest BCUT2D eigenvalue weighted by atomic mass is 32.1. The summed E-state index contributed by atoms with van der Waals surface area (Å²) in [6.07, 6.45) is 9.79. The van der Waals surface area contributed by atoms with Crippen molar-refractivity contribution in [2.75, 3.05) is 6.54 Å². The van der Waals surface area contributed by atoms with Crippen LogP contribution in [-0.2, 0) is 0 Å². The van der Waals surface area contributed by atoms with Crippen molar-refractivity contribution in [1.29, 1.82) is 0 Å². The predicted molar refractivity (Wildman–Crippen MR) is 63.3 cm³/mol. The van der Waals surface area contributed by atoms with Crippen LogP contribution < -0.4 is 5.32 Å². The number of hydrogen-bond acceptors (Lipinski definition) is 3. The molecule has 78 valence electrons. The van der Waals surface area contributed by atoms with Gasteiger partial charge in [-0.25, -0.2) is 5.01 Å². The van der Waals surface area contributed by atoms with Crippen LogP contribution in [0.5, 0.6) is 0 Å². The lowest BCUT2D eigenvalue weighted by atomic mass is 10.0. The van der Waals surface area contributed by atoms with E-state index in [-0.39, 0.29) is 12.1 Å². The lowest BCUT2D eigenvalue weighted by Crippen LogP contribution is -2.43. The molecule has 2 rings (SSSR count). The average Bonchev–Trinajstić information content (AvgIpc) is 2.69. The van der Waals surface area contributed by atoms with Gasteiger partial charge in [0.15, 0.2) is 5.11 Å². The summed E-state index contributed by atoms with van der Waals surface area (Å²) in [4.78, 5) is 0. The minimum Gasteiger partial charge on any atom is -0.358 e. The van der Waals surface area contributed by atoms with Crippen molar-refractivity contribution in [2.24, 2.45) is 10.3 Å². The van der Waals surface area contributed by atoms with Crippen LogP contribution in [0.25, 0.3) is 0 Å². The SMILES string of the molecule is C=CCNC(=S)N1N=N[C@H]2C=CC=C[C@@H]21. The van der Waals surface area contributed by atoms with Crippen molar-refractivity contribution in [3.8, 4) is 0 Å². The molecule has 0 amide bonds. The molecule has 5 heteroatoms. The van der Waals surface area contributed by atoms with Gasteiger partial charge in [-0.15, -0.1) is 6.58 Å². The van der Waals surface area contributed by atoms with E-state index in [1.54, 1.807) is 11.1 Å². The Bertz CT molecular complexity index is 358. The minimum atomic E-state index is 0.0958. The fourth-order valence-corrected chi connectivity index (χ4v) is 1.75. The van der Waals surface area contributed by atoms with Crippen molar-refractivity contribution in [2.45, 2.75) is 12.1 Å². The molecule has 2 atom stereocenters. The Morgan fingerprint density at radius 2 is 2.33 bits per heavy atom. The van der Waals surface area contributed by atoms with Crippen molar-refractivity contribution in [3.63, 3.8) is 0 Å². The Kier molecular flexibility index (Phi) is 2.91. The van der Waals surface area contributed by atoms with Crippen LogP contribution in [0.1, 0.15) is 0 Å². The molecule has 1 aliphatic heterocycles. The molecule has 1 aliphatic carbocycles. The van der Waals surface area contributed by atoms with E-state index in [4.69, 9.17) is 12.2 Å². The van der Waals surface area contributed by atoms with E-state index in [0.717, 1.165) is 0 Å². The Balaban J connectivity index is 2.02. The summed E-state index contributed by atoms with van der Waals surface area (Å²) in [5.74, 6) is 0. The maximum atomic E-state index is 5.20. The Morgan fingerprint density at radius 1 is 1.53 bits per heavy atom. The van der Waals surface area contributed by atoms with Crippen molar-refractivity contribution < 1.29 is 0 Å². The summed E-state index contributed by atoms with van der Waals surface area (Å²) in [5, 5.41) is 13.5. The predicted octanol–water partition coefficient (Wildman–Crippen LogP) is 1.59. The second-order valence-electron chi connectivity index (χ2n) is 3.28. The molecule has 0 aromatic rings. The van der Waals surface area contributed by atoms with Gasteiger partial charge in [0.25, 0.3) is 0 Å². The van der Waals surface area contributed by atoms with Gasteiger partial charge < -0.3 is 5.32 Å². The second-order valence-corrected chi connectivity index (χ2v) is 3.66. The normalized spacial score (nSPS) is 26.5. The maximum absolute atomic E-state index is 5.20. The van der Waals surface area contributed by atoms with Crippen LogP contribution in [0.2, 0.25) is 0 Å². The van der Waals surface area contributed by atoms with Crippen LogP contribution in [0.4, 0.5) is 0 Å². The Labute approximate surface area is 94.0 Å². The van der Waals surface area contributed by atoms with Gasteiger partial charge in [-0.05, 0) is 12.2 Å². The molecular weight excluding hydrogens is 208 g/mol. The molecule has 0 spiro atoms.